The lowest BCUT2D eigenvalue weighted by molar-refractivity contribution is 0.919. The van der Waals surface area contributed by atoms with E-state index >= 15 is 0 Å². The molecule has 68 valence electrons. The van der Waals surface area contributed by atoms with Gasteiger partial charge >= 0.3 is 0 Å². The van der Waals surface area contributed by atoms with Crippen molar-refractivity contribution < 1.29 is 0 Å². The number of allylic oxidation sites excluding steroid dienone is 2. The summed E-state index contributed by atoms with van der Waals surface area (Å²) in [6.07, 6.45) is 10.6. The van der Waals surface area contributed by atoms with E-state index < -0.39 is 0 Å². The first-order valence-corrected chi connectivity index (χ1v) is 4.67. The van der Waals surface area contributed by atoms with Crippen LogP contribution in [0.2, 0.25) is 0 Å². The summed E-state index contributed by atoms with van der Waals surface area (Å²) < 4.78 is 0. The van der Waals surface area contributed by atoms with E-state index in [0.717, 1.165) is 10.7 Å². The zero-order valence-electron chi connectivity index (χ0n) is 7.99. The summed E-state index contributed by atoms with van der Waals surface area (Å²) in [7, 11) is 0. The Labute approximate surface area is 77.7 Å². The summed E-state index contributed by atoms with van der Waals surface area (Å²) in [5, 5.41) is 2.22. The molecule has 0 spiro atoms. The second kappa shape index (κ2) is 3.21. The van der Waals surface area contributed by atoms with Gasteiger partial charge < -0.3 is 4.98 Å². The maximum atomic E-state index is 4.27. The van der Waals surface area contributed by atoms with Crippen LogP contribution >= 0.6 is 0 Å². The number of rotatable bonds is 0. The van der Waals surface area contributed by atoms with E-state index in [1.807, 2.05) is 0 Å². The predicted molar refractivity (Wildman–Crippen MR) is 54.2 cm³/mol. The molecule has 1 aromatic rings. The molecule has 0 bridgehead atoms. The normalized spacial score (nSPS) is 34.3. The van der Waals surface area contributed by atoms with E-state index in [9.17, 15) is 0 Å². The Bertz CT molecular complexity index is 387. The van der Waals surface area contributed by atoms with Crippen molar-refractivity contribution in [3.05, 3.63) is 29.2 Å². The molecule has 0 aliphatic heterocycles. The fraction of sp³-hybridized carbons (Fsp3) is 0.364. The Morgan fingerprint density at radius 2 is 1.85 bits per heavy atom. The Morgan fingerprint density at radius 1 is 1.15 bits per heavy atom. The molecule has 1 aliphatic rings. The van der Waals surface area contributed by atoms with Crippen LogP contribution < -0.4 is 10.7 Å². The summed E-state index contributed by atoms with van der Waals surface area (Å²) >= 11 is 0. The van der Waals surface area contributed by atoms with Crippen LogP contribution in [0.4, 0.5) is 0 Å². The van der Waals surface area contributed by atoms with Gasteiger partial charge in [0.25, 0.3) is 0 Å². The van der Waals surface area contributed by atoms with Gasteiger partial charge in [-0.15, -0.1) is 0 Å². The second-order valence-corrected chi connectivity index (χ2v) is 3.64. The number of hydrogen-bond donors (Lipinski definition) is 1. The van der Waals surface area contributed by atoms with Gasteiger partial charge in [-0.05, 0) is 17.9 Å². The lowest BCUT2D eigenvalue weighted by atomic mass is 10.0. The van der Waals surface area contributed by atoms with Crippen LogP contribution in [0.5, 0.6) is 0 Å². The highest BCUT2D eigenvalue weighted by atomic mass is 14.8. The molecule has 1 aliphatic carbocycles. The fourth-order valence-electron chi connectivity index (χ4n) is 1.55. The standard InChI is InChI=1S/C11H14N2/c1-8-3-4-9(2)6-11-10(5-8)12-7-13-11/h3-9H,1-2H3,(H,12,13)/b4-3-,10-5+,11-6+. The Kier molecular flexibility index (Phi) is 2.05. The van der Waals surface area contributed by atoms with Crippen molar-refractivity contribution >= 4 is 12.2 Å². The highest BCUT2D eigenvalue weighted by Gasteiger charge is 2.00. The third-order valence-electron chi connectivity index (χ3n) is 2.27. The summed E-state index contributed by atoms with van der Waals surface area (Å²) in [5.74, 6) is 0.952. The molecule has 1 heterocycles. The first-order valence-electron chi connectivity index (χ1n) is 4.67. The van der Waals surface area contributed by atoms with E-state index in [0.29, 0.717) is 11.8 Å². The molecule has 0 saturated carbocycles. The Morgan fingerprint density at radius 3 is 2.62 bits per heavy atom. The van der Waals surface area contributed by atoms with Crippen molar-refractivity contribution in [1.82, 2.24) is 9.97 Å². The average Bonchev–Trinajstić information content (AvgIpc) is 2.47. The summed E-state index contributed by atoms with van der Waals surface area (Å²) in [5.41, 5.74) is 0. The molecular weight excluding hydrogens is 160 g/mol. The number of fused-ring (bicyclic) bond motifs is 1. The number of nitrogens with one attached hydrogen (secondary N) is 1. The number of H-pyrrole nitrogens is 1. The van der Waals surface area contributed by atoms with Crippen molar-refractivity contribution in [2.75, 3.05) is 0 Å². The Hall–Kier alpha value is -1.31. The third kappa shape index (κ3) is 1.72. The van der Waals surface area contributed by atoms with Crippen molar-refractivity contribution in [3.63, 3.8) is 0 Å². The van der Waals surface area contributed by atoms with E-state index in [-0.39, 0.29) is 0 Å². The molecule has 0 radical (unpaired) electrons. The molecule has 0 aromatic carbocycles. The van der Waals surface area contributed by atoms with E-state index in [1.165, 1.54) is 0 Å². The third-order valence-corrected chi connectivity index (χ3v) is 2.27. The lowest BCUT2D eigenvalue weighted by Gasteiger charge is -2.03. The smallest absolute Gasteiger partial charge is 0.0931 e. The van der Waals surface area contributed by atoms with Gasteiger partial charge in [0, 0.05) is 0 Å². The van der Waals surface area contributed by atoms with E-state index in [2.05, 4.69) is 48.1 Å². The van der Waals surface area contributed by atoms with Crippen molar-refractivity contribution in [2.24, 2.45) is 11.8 Å². The van der Waals surface area contributed by atoms with Gasteiger partial charge in [-0.2, -0.15) is 0 Å². The SMILES string of the molecule is CC1/C=C\C(C)/C=c2/[nH]cn/c2=C/1. The molecule has 13 heavy (non-hydrogen) atoms. The van der Waals surface area contributed by atoms with Crippen LogP contribution in [0.1, 0.15) is 13.8 Å². The molecule has 0 fully saturated rings. The highest BCUT2D eigenvalue weighted by molar-refractivity contribution is 5.35. The lowest BCUT2D eigenvalue weighted by Crippen LogP contribution is -2.26. The van der Waals surface area contributed by atoms with Crippen LogP contribution in [0.25, 0.3) is 12.2 Å². The molecule has 2 atom stereocenters. The summed E-state index contributed by atoms with van der Waals surface area (Å²) in [6, 6.07) is 0. The molecule has 1 aromatic heterocycles. The van der Waals surface area contributed by atoms with Crippen molar-refractivity contribution in [2.45, 2.75) is 13.8 Å². The van der Waals surface area contributed by atoms with Crippen LogP contribution in [0, 0.1) is 11.8 Å². The van der Waals surface area contributed by atoms with Gasteiger partial charge in [0.2, 0.25) is 0 Å². The minimum Gasteiger partial charge on any atom is -0.345 e. The number of aromatic amines is 1. The van der Waals surface area contributed by atoms with Gasteiger partial charge in [0.05, 0.1) is 17.0 Å². The summed E-state index contributed by atoms with van der Waals surface area (Å²) in [4.78, 5) is 7.41. The molecule has 0 amide bonds. The number of hydrogen-bond acceptors (Lipinski definition) is 1. The monoisotopic (exact) mass is 174 g/mol. The van der Waals surface area contributed by atoms with E-state index in [4.69, 9.17) is 0 Å². The molecule has 0 saturated heterocycles. The van der Waals surface area contributed by atoms with Crippen LogP contribution in [-0.2, 0) is 0 Å². The van der Waals surface area contributed by atoms with Crippen molar-refractivity contribution in [3.8, 4) is 0 Å². The van der Waals surface area contributed by atoms with Gasteiger partial charge in [-0.25, -0.2) is 4.98 Å². The Balaban J connectivity index is 2.65. The van der Waals surface area contributed by atoms with Gasteiger partial charge in [-0.3, -0.25) is 0 Å². The van der Waals surface area contributed by atoms with Gasteiger partial charge in [0.1, 0.15) is 0 Å². The number of nitrogens with zero attached hydrogens (tertiary/aromatic N) is 1. The quantitative estimate of drug-likeness (QED) is 0.579. The van der Waals surface area contributed by atoms with Crippen LogP contribution in [-0.4, -0.2) is 9.97 Å². The molecule has 2 heteroatoms. The first-order chi connectivity index (χ1) is 6.25. The molecule has 1 N–H and O–H groups in total. The molecular formula is C11H14N2. The number of aromatic nitrogens is 2. The van der Waals surface area contributed by atoms with Gasteiger partial charge in [0.15, 0.2) is 0 Å². The maximum absolute atomic E-state index is 4.27. The minimum atomic E-state index is 0.471. The fourth-order valence-corrected chi connectivity index (χ4v) is 1.55. The van der Waals surface area contributed by atoms with E-state index in [1.54, 1.807) is 6.33 Å². The van der Waals surface area contributed by atoms with Crippen LogP contribution in [0.15, 0.2) is 18.5 Å². The minimum absolute atomic E-state index is 0.471. The molecule has 2 nitrogen and oxygen atoms in total. The first kappa shape index (κ1) is 8.30. The second-order valence-electron chi connectivity index (χ2n) is 3.64. The summed E-state index contributed by atoms with van der Waals surface area (Å²) in [6.45, 7) is 4.35. The topological polar surface area (TPSA) is 28.7 Å². The largest absolute Gasteiger partial charge is 0.345 e. The molecule has 2 rings (SSSR count). The van der Waals surface area contributed by atoms with Gasteiger partial charge in [-0.1, -0.05) is 32.1 Å². The predicted octanol–water partition coefficient (Wildman–Crippen LogP) is 0.813. The van der Waals surface area contributed by atoms with Crippen LogP contribution in [0.3, 0.4) is 0 Å². The maximum Gasteiger partial charge on any atom is 0.0931 e. The molecule has 2 unspecified atom stereocenters. The van der Waals surface area contributed by atoms with Crippen molar-refractivity contribution in [1.29, 1.82) is 0 Å². The highest BCUT2D eigenvalue weighted by Crippen LogP contribution is 2.05. The zero-order valence-corrected chi connectivity index (χ0v) is 7.99. The zero-order chi connectivity index (χ0) is 9.26. The number of imidazole rings is 1. The average molecular weight is 174 g/mol.